The fourth-order valence-corrected chi connectivity index (χ4v) is 2.61. The van der Waals surface area contributed by atoms with Gasteiger partial charge in [-0.2, -0.15) is 0 Å². The third-order valence-corrected chi connectivity index (χ3v) is 3.91. The van der Waals surface area contributed by atoms with Gasteiger partial charge in [0.25, 0.3) is 0 Å². The standard InChI is InChI=1S/C18H18N2O2/c1-12-4-9-15-16(10-12)19-11-20-17(15)18(2,21)13-5-7-14(22-3)8-6-13/h4-11,21H,1-3H3. The molecule has 0 aliphatic heterocycles. The highest BCUT2D eigenvalue weighted by Crippen LogP contribution is 2.32. The van der Waals surface area contributed by atoms with Crippen molar-refractivity contribution in [2.75, 3.05) is 7.11 Å². The van der Waals surface area contributed by atoms with Gasteiger partial charge in [-0.3, -0.25) is 0 Å². The number of rotatable bonds is 3. The number of hydrogen-bond donors (Lipinski definition) is 1. The van der Waals surface area contributed by atoms with Crippen LogP contribution in [0.25, 0.3) is 10.9 Å². The van der Waals surface area contributed by atoms with E-state index in [1.54, 1.807) is 14.0 Å². The van der Waals surface area contributed by atoms with Crippen molar-refractivity contribution in [3.63, 3.8) is 0 Å². The number of ether oxygens (including phenoxy) is 1. The molecule has 4 nitrogen and oxygen atoms in total. The van der Waals surface area contributed by atoms with Crippen molar-refractivity contribution in [3.05, 3.63) is 65.6 Å². The van der Waals surface area contributed by atoms with Crippen molar-refractivity contribution in [1.29, 1.82) is 0 Å². The van der Waals surface area contributed by atoms with Gasteiger partial charge < -0.3 is 9.84 Å². The summed E-state index contributed by atoms with van der Waals surface area (Å²) in [5.41, 5.74) is 2.11. The summed E-state index contributed by atoms with van der Waals surface area (Å²) < 4.78 is 5.16. The van der Waals surface area contributed by atoms with Crippen molar-refractivity contribution in [2.45, 2.75) is 19.4 Å². The Labute approximate surface area is 129 Å². The first-order chi connectivity index (χ1) is 10.5. The van der Waals surface area contributed by atoms with E-state index < -0.39 is 5.60 Å². The number of aryl methyl sites for hydroxylation is 1. The van der Waals surface area contributed by atoms with E-state index >= 15 is 0 Å². The fraction of sp³-hybridized carbons (Fsp3) is 0.222. The summed E-state index contributed by atoms with van der Waals surface area (Å²) in [5, 5.41) is 11.9. The van der Waals surface area contributed by atoms with Crippen molar-refractivity contribution < 1.29 is 9.84 Å². The van der Waals surface area contributed by atoms with Crippen molar-refractivity contribution in [3.8, 4) is 5.75 Å². The Morgan fingerprint density at radius 3 is 2.45 bits per heavy atom. The number of aliphatic hydroxyl groups is 1. The Balaban J connectivity index is 2.15. The molecule has 3 aromatic rings. The molecule has 22 heavy (non-hydrogen) atoms. The van der Waals surface area contributed by atoms with Crippen LogP contribution in [0.1, 0.15) is 23.7 Å². The zero-order chi connectivity index (χ0) is 15.7. The van der Waals surface area contributed by atoms with Gasteiger partial charge in [0, 0.05) is 5.39 Å². The minimum Gasteiger partial charge on any atom is -0.497 e. The van der Waals surface area contributed by atoms with Gasteiger partial charge in [0.15, 0.2) is 0 Å². The number of benzene rings is 2. The average Bonchev–Trinajstić information content (AvgIpc) is 2.54. The van der Waals surface area contributed by atoms with Gasteiger partial charge in [0.1, 0.15) is 17.7 Å². The molecule has 1 unspecified atom stereocenters. The van der Waals surface area contributed by atoms with Gasteiger partial charge in [0.2, 0.25) is 0 Å². The Hall–Kier alpha value is -2.46. The Morgan fingerprint density at radius 2 is 1.77 bits per heavy atom. The van der Waals surface area contributed by atoms with Crippen molar-refractivity contribution >= 4 is 10.9 Å². The van der Waals surface area contributed by atoms with Gasteiger partial charge in [0.05, 0.1) is 18.3 Å². The largest absolute Gasteiger partial charge is 0.497 e. The highest BCUT2D eigenvalue weighted by atomic mass is 16.5. The van der Waals surface area contributed by atoms with Crippen molar-refractivity contribution in [1.82, 2.24) is 9.97 Å². The quantitative estimate of drug-likeness (QED) is 0.806. The molecule has 1 heterocycles. The van der Waals surface area contributed by atoms with Crippen LogP contribution < -0.4 is 4.74 Å². The molecule has 0 saturated carbocycles. The van der Waals surface area contributed by atoms with Crippen LogP contribution in [0.15, 0.2) is 48.8 Å². The summed E-state index contributed by atoms with van der Waals surface area (Å²) in [6.45, 7) is 3.76. The number of hydrogen-bond acceptors (Lipinski definition) is 4. The molecule has 4 heteroatoms. The number of nitrogens with zero attached hydrogens (tertiary/aromatic N) is 2. The molecule has 0 bridgehead atoms. The Morgan fingerprint density at radius 1 is 1.05 bits per heavy atom. The predicted octanol–water partition coefficient (Wildman–Crippen LogP) is 3.20. The minimum atomic E-state index is -1.21. The molecule has 2 aromatic carbocycles. The molecule has 1 atom stereocenters. The normalized spacial score (nSPS) is 13.8. The molecule has 0 spiro atoms. The fourth-order valence-electron chi connectivity index (χ4n) is 2.61. The minimum absolute atomic E-state index is 0.600. The van der Waals surface area contributed by atoms with Crippen LogP contribution in [0, 0.1) is 6.92 Å². The van der Waals surface area contributed by atoms with E-state index in [4.69, 9.17) is 4.74 Å². The molecule has 0 aliphatic carbocycles. The molecular weight excluding hydrogens is 276 g/mol. The van der Waals surface area contributed by atoms with Crippen LogP contribution in [-0.4, -0.2) is 22.2 Å². The van der Waals surface area contributed by atoms with E-state index in [1.165, 1.54) is 6.33 Å². The smallest absolute Gasteiger partial charge is 0.129 e. The lowest BCUT2D eigenvalue weighted by molar-refractivity contribution is 0.0990. The summed E-state index contributed by atoms with van der Waals surface area (Å²) >= 11 is 0. The summed E-state index contributed by atoms with van der Waals surface area (Å²) in [4.78, 5) is 8.63. The first-order valence-electron chi connectivity index (χ1n) is 7.11. The molecular formula is C18H18N2O2. The third-order valence-electron chi connectivity index (χ3n) is 3.91. The van der Waals surface area contributed by atoms with Gasteiger partial charge >= 0.3 is 0 Å². The maximum atomic E-state index is 11.1. The highest BCUT2D eigenvalue weighted by molar-refractivity contribution is 5.82. The number of methoxy groups -OCH3 is 1. The second kappa shape index (κ2) is 5.39. The summed E-state index contributed by atoms with van der Waals surface area (Å²) in [7, 11) is 1.62. The van der Waals surface area contributed by atoms with E-state index in [2.05, 4.69) is 9.97 Å². The lowest BCUT2D eigenvalue weighted by Crippen LogP contribution is -2.24. The van der Waals surface area contributed by atoms with Gasteiger partial charge in [-0.15, -0.1) is 0 Å². The van der Waals surface area contributed by atoms with Crippen LogP contribution in [0.5, 0.6) is 5.75 Å². The van der Waals surface area contributed by atoms with E-state index in [1.807, 2.05) is 49.4 Å². The van der Waals surface area contributed by atoms with Gasteiger partial charge in [-0.25, -0.2) is 9.97 Å². The van der Waals surface area contributed by atoms with Gasteiger partial charge in [-0.05, 0) is 43.2 Å². The Bertz CT molecular complexity index is 811. The molecule has 0 fully saturated rings. The monoisotopic (exact) mass is 294 g/mol. The lowest BCUT2D eigenvalue weighted by Gasteiger charge is -2.24. The van der Waals surface area contributed by atoms with Crippen LogP contribution in [0.4, 0.5) is 0 Å². The van der Waals surface area contributed by atoms with E-state index in [0.29, 0.717) is 5.69 Å². The van der Waals surface area contributed by atoms with Crippen LogP contribution in [-0.2, 0) is 5.60 Å². The average molecular weight is 294 g/mol. The lowest BCUT2D eigenvalue weighted by atomic mass is 9.89. The van der Waals surface area contributed by atoms with Gasteiger partial charge in [-0.1, -0.05) is 24.3 Å². The summed E-state index contributed by atoms with van der Waals surface area (Å²) in [5.74, 6) is 0.753. The second-order valence-electron chi connectivity index (χ2n) is 5.54. The van der Waals surface area contributed by atoms with E-state index in [0.717, 1.165) is 27.8 Å². The summed E-state index contributed by atoms with van der Waals surface area (Å²) in [6.07, 6.45) is 1.50. The van der Waals surface area contributed by atoms with Crippen molar-refractivity contribution in [2.24, 2.45) is 0 Å². The van der Waals surface area contributed by atoms with E-state index in [9.17, 15) is 5.11 Å². The SMILES string of the molecule is COc1ccc(C(C)(O)c2ncnc3cc(C)ccc23)cc1. The van der Waals surface area contributed by atoms with Crippen LogP contribution in [0.2, 0.25) is 0 Å². The number of fused-ring (bicyclic) bond motifs is 1. The molecule has 0 aliphatic rings. The maximum absolute atomic E-state index is 11.1. The van der Waals surface area contributed by atoms with Crippen LogP contribution >= 0.6 is 0 Å². The van der Waals surface area contributed by atoms with Crippen LogP contribution in [0.3, 0.4) is 0 Å². The molecule has 1 N–H and O–H groups in total. The second-order valence-corrected chi connectivity index (χ2v) is 5.54. The third kappa shape index (κ3) is 2.42. The first kappa shape index (κ1) is 14.5. The maximum Gasteiger partial charge on any atom is 0.129 e. The molecule has 112 valence electrons. The molecule has 0 amide bonds. The predicted molar refractivity (Wildman–Crippen MR) is 85.9 cm³/mol. The summed E-state index contributed by atoms with van der Waals surface area (Å²) in [6, 6.07) is 13.3. The first-order valence-corrected chi connectivity index (χ1v) is 7.11. The highest BCUT2D eigenvalue weighted by Gasteiger charge is 2.29. The number of aromatic nitrogens is 2. The topological polar surface area (TPSA) is 55.2 Å². The molecule has 0 radical (unpaired) electrons. The Kier molecular flexibility index (Phi) is 3.54. The van der Waals surface area contributed by atoms with E-state index in [-0.39, 0.29) is 0 Å². The molecule has 0 saturated heterocycles. The zero-order valence-electron chi connectivity index (χ0n) is 12.9. The zero-order valence-corrected chi connectivity index (χ0v) is 12.9. The molecule has 3 rings (SSSR count). The molecule has 1 aromatic heterocycles.